The summed E-state index contributed by atoms with van der Waals surface area (Å²) in [7, 11) is 0. The first-order valence-electron chi connectivity index (χ1n) is 4.49. The maximum absolute atomic E-state index is 11.0. The van der Waals surface area contributed by atoms with E-state index in [9.17, 15) is 4.79 Å². The minimum atomic E-state index is -0.501. The van der Waals surface area contributed by atoms with E-state index in [1.807, 2.05) is 13.8 Å². The Bertz CT molecular complexity index is 187. The van der Waals surface area contributed by atoms with Crippen LogP contribution in [0, 0.1) is 0 Å². The van der Waals surface area contributed by atoms with Crippen LogP contribution in [0.2, 0.25) is 0 Å². The fourth-order valence-electron chi connectivity index (χ4n) is 0.702. The van der Waals surface area contributed by atoms with Crippen LogP contribution in [0.25, 0.3) is 0 Å². The lowest BCUT2D eigenvalue weighted by atomic mass is 10.3. The molecule has 0 aromatic heterocycles. The Morgan fingerprint density at radius 1 is 1.46 bits per heavy atom. The zero-order chi connectivity index (χ0) is 10.4. The van der Waals surface area contributed by atoms with E-state index in [1.165, 1.54) is 0 Å². The summed E-state index contributed by atoms with van der Waals surface area (Å²) < 4.78 is 10.3. The number of ether oxygens (including phenoxy) is 2. The van der Waals surface area contributed by atoms with E-state index < -0.39 is 12.3 Å². The van der Waals surface area contributed by atoms with E-state index in [0.29, 0.717) is 5.57 Å². The van der Waals surface area contributed by atoms with Gasteiger partial charge in [0.15, 0.2) is 0 Å². The van der Waals surface area contributed by atoms with Gasteiger partial charge in [-0.3, -0.25) is 0 Å². The second-order valence-corrected chi connectivity index (χ2v) is 3.11. The minimum Gasteiger partial charge on any atom is -0.433 e. The molecule has 3 heteroatoms. The van der Waals surface area contributed by atoms with Crippen molar-refractivity contribution < 1.29 is 14.3 Å². The van der Waals surface area contributed by atoms with Crippen molar-refractivity contribution in [2.24, 2.45) is 0 Å². The van der Waals surface area contributed by atoms with Crippen LogP contribution in [-0.2, 0) is 14.3 Å². The maximum atomic E-state index is 11.0. The largest absolute Gasteiger partial charge is 0.433 e. The van der Waals surface area contributed by atoms with Gasteiger partial charge in [-0.2, -0.15) is 0 Å². The molecule has 0 aromatic carbocycles. The smallest absolute Gasteiger partial charge is 0.335 e. The first-order chi connectivity index (χ1) is 5.97. The Morgan fingerprint density at radius 3 is 2.38 bits per heavy atom. The van der Waals surface area contributed by atoms with Gasteiger partial charge in [-0.1, -0.05) is 13.5 Å². The van der Waals surface area contributed by atoms with Crippen LogP contribution in [0.1, 0.15) is 34.1 Å². The summed E-state index contributed by atoms with van der Waals surface area (Å²) in [5.74, 6) is -0.407. The Labute approximate surface area is 79.7 Å². The van der Waals surface area contributed by atoms with E-state index in [1.54, 1.807) is 13.8 Å². The molecule has 2 atom stereocenters. The number of rotatable bonds is 5. The molecule has 0 radical (unpaired) electrons. The van der Waals surface area contributed by atoms with Crippen molar-refractivity contribution in [2.45, 2.75) is 46.5 Å². The van der Waals surface area contributed by atoms with Crippen LogP contribution in [0.5, 0.6) is 0 Å². The van der Waals surface area contributed by atoms with Crippen molar-refractivity contribution in [3.8, 4) is 0 Å². The molecule has 3 nitrogen and oxygen atoms in total. The second kappa shape index (κ2) is 5.75. The minimum absolute atomic E-state index is 0.105. The molecule has 2 unspecified atom stereocenters. The van der Waals surface area contributed by atoms with Gasteiger partial charge in [-0.15, -0.1) is 0 Å². The van der Waals surface area contributed by atoms with Crippen molar-refractivity contribution in [1.29, 1.82) is 0 Å². The Hall–Kier alpha value is -0.830. The highest BCUT2D eigenvalue weighted by atomic mass is 16.7. The van der Waals surface area contributed by atoms with Gasteiger partial charge in [-0.25, -0.2) is 4.79 Å². The van der Waals surface area contributed by atoms with Crippen LogP contribution < -0.4 is 0 Å². The van der Waals surface area contributed by atoms with Gasteiger partial charge >= 0.3 is 5.97 Å². The van der Waals surface area contributed by atoms with E-state index >= 15 is 0 Å². The van der Waals surface area contributed by atoms with Gasteiger partial charge in [0, 0.05) is 5.57 Å². The van der Waals surface area contributed by atoms with Crippen molar-refractivity contribution in [1.82, 2.24) is 0 Å². The number of esters is 1. The fourth-order valence-corrected chi connectivity index (χ4v) is 0.702. The normalized spacial score (nSPS) is 14.8. The molecule has 0 rings (SSSR count). The highest BCUT2D eigenvalue weighted by Gasteiger charge is 2.12. The summed E-state index contributed by atoms with van der Waals surface area (Å²) in [6.45, 7) is 10.7. The number of hydrogen-bond donors (Lipinski definition) is 0. The molecule has 0 aliphatic carbocycles. The average molecular weight is 186 g/mol. The lowest BCUT2D eigenvalue weighted by Gasteiger charge is -2.18. The van der Waals surface area contributed by atoms with Crippen molar-refractivity contribution >= 4 is 5.97 Å². The molecule has 0 fully saturated rings. The predicted molar refractivity (Wildman–Crippen MR) is 51.2 cm³/mol. The molecule has 0 aliphatic rings. The first-order valence-corrected chi connectivity index (χ1v) is 4.49. The number of hydrogen-bond acceptors (Lipinski definition) is 3. The summed E-state index contributed by atoms with van der Waals surface area (Å²) in [6.07, 6.45) is 0.502. The van der Waals surface area contributed by atoms with Crippen molar-refractivity contribution in [3.05, 3.63) is 12.2 Å². The number of carbonyl (C=O) groups is 1. The molecular weight excluding hydrogens is 168 g/mol. The van der Waals surface area contributed by atoms with E-state index in [-0.39, 0.29) is 6.10 Å². The van der Waals surface area contributed by atoms with Crippen molar-refractivity contribution in [2.75, 3.05) is 0 Å². The molecule has 0 bridgehead atoms. The number of carbonyl (C=O) groups excluding carboxylic acids is 1. The average Bonchev–Trinajstić information content (AvgIpc) is 2.03. The van der Waals surface area contributed by atoms with Crippen LogP contribution in [-0.4, -0.2) is 18.4 Å². The molecule has 0 saturated carbocycles. The summed E-state index contributed by atoms with van der Waals surface area (Å²) in [4.78, 5) is 11.0. The molecule has 0 amide bonds. The highest BCUT2D eigenvalue weighted by Crippen LogP contribution is 2.05. The lowest BCUT2D eigenvalue weighted by Crippen LogP contribution is -2.22. The zero-order valence-corrected chi connectivity index (χ0v) is 8.79. The molecule has 0 heterocycles. The first kappa shape index (κ1) is 12.2. The molecule has 13 heavy (non-hydrogen) atoms. The topological polar surface area (TPSA) is 35.5 Å². The van der Waals surface area contributed by atoms with Crippen LogP contribution in [0.15, 0.2) is 12.2 Å². The molecule has 76 valence electrons. The van der Waals surface area contributed by atoms with E-state index in [0.717, 1.165) is 6.42 Å². The van der Waals surface area contributed by atoms with Gasteiger partial charge in [0.1, 0.15) is 0 Å². The molecular formula is C10H18O3. The van der Waals surface area contributed by atoms with Crippen LogP contribution >= 0.6 is 0 Å². The summed E-state index contributed by atoms with van der Waals surface area (Å²) in [5, 5.41) is 0. The Balaban J connectivity index is 3.80. The predicted octanol–water partition coefficient (Wildman–Crippen LogP) is 2.27. The maximum Gasteiger partial charge on any atom is 0.335 e. The molecule has 0 saturated heterocycles. The third kappa shape index (κ3) is 5.42. The van der Waals surface area contributed by atoms with Gasteiger partial charge in [0.25, 0.3) is 0 Å². The Kier molecular flexibility index (Phi) is 5.39. The quantitative estimate of drug-likeness (QED) is 0.375. The molecule has 0 aliphatic heterocycles. The van der Waals surface area contributed by atoms with Crippen molar-refractivity contribution in [3.63, 3.8) is 0 Å². The van der Waals surface area contributed by atoms with Gasteiger partial charge in [0.05, 0.1) is 6.10 Å². The second-order valence-electron chi connectivity index (χ2n) is 3.11. The molecule has 0 spiro atoms. The van der Waals surface area contributed by atoms with E-state index in [4.69, 9.17) is 9.47 Å². The van der Waals surface area contributed by atoms with E-state index in [2.05, 4.69) is 6.58 Å². The fraction of sp³-hybridized carbons (Fsp3) is 0.700. The molecule has 0 N–H and O–H groups in total. The molecule has 0 aromatic rings. The zero-order valence-electron chi connectivity index (χ0n) is 8.79. The monoisotopic (exact) mass is 186 g/mol. The third-order valence-corrected chi connectivity index (χ3v) is 1.62. The summed E-state index contributed by atoms with van der Waals surface area (Å²) >= 11 is 0. The summed E-state index contributed by atoms with van der Waals surface area (Å²) in [6, 6.07) is 0. The van der Waals surface area contributed by atoms with Gasteiger partial charge in [-0.05, 0) is 27.2 Å². The highest BCUT2D eigenvalue weighted by molar-refractivity contribution is 5.86. The lowest BCUT2D eigenvalue weighted by molar-refractivity contribution is -0.178. The third-order valence-electron chi connectivity index (χ3n) is 1.62. The summed E-state index contributed by atoms with van der Waals surface area (Å²) in [5.41, 5.74) is 0.389. The van der Waals surface area contributed by atoms with Gasteiger partial charge < -0.3 is 9.47 Å². The van der Waals surface area contributed by atoms with Crippen LogP contribution in [0.4, 0.5) is 0 Å². The SMILES string of the molecule is C=C(C)C(=O)OC(C)OC(C)CC. The van der Waals surface area contributed by atoms with Crippen LogP contribution in [0.3, 0.4) is 0 Å². The van der Waals surface area contributed by atoms with Gasteiger partial charge in [0.2, 0.25) is 6.29 Å². The standard InChI is InChI=1S/C10H18O3/c1-6-8(4)12-9(5)13-10(11)7(2)3/h8-9H,2,6H2,1,3-5H3. The Morgan fingerprint density at radius 2 is 2.00 bits per heavy atom.